The molecule has 2 aromatic rings. The highest BCUT2D eigenvalue weighted by molar-refractivity contribution is 7.17. The van der Waals surface area contributed by atoms with Gasteiger partial charge in [-0.3, -0.25) is 4.79 Å². The summed E-state index contributed by atoms with van der Waals surface area (Å²) in [6.45, 7) is 5.91. The largest absolute Gasteiger partial charge is 0.494 e. The van der Waals surface area contributed by atoms with E-state index < -0.39 is 0 Å². The minimum atomic E-state index is 0.0531. The first-order chi connectivity index (χ1) is 11.6. The van der Waals surface area contributed by atoms with Crippen molar-refractivity contribution < 1.29 is 9.53 Å². The van der Waals surface area contributed by atoms with Crippen LogP contribution in [0.15, 0.2) is 24.3 Å². The number of aromatic nitrogens is 1. The summed E-state index contributed by atoms with van der Waals surface area (Å²) in [5.74, 6) is 0.894. The Morgan fingerprint density at radius 1 is 1.42 bits per heavy atom. The maximum Gasteiger partial charge on any atom is 0.265 e. The van der Waals surface area contributed by atoms with Crippen LogP contribution in [0.5, 0.6) is 5.75 Å². The van der Waals surface area contributed by atoms with E-state index in [9.17, 15) is 4.79 Å². The number of nitrogens with zero attached hydrogens (tertiary/aromatic N) is 2. The molecule has 128 valence electrons. The summed E-state index contributed by atoms with van der Waals surface area (Å²) < 4.78 is 5.46. The molecule has 2 heterocycles. The second-order valence-corrected chi connectivity index (χ2v) is 7.04. The van der Waals surface area contributed by atoms with Crippen molar-refractivity contribution >= 4 is 17.2 Å². The fourth-order valence-electron chi connectivity index (χ4n) is 2.92. The summed E-state index contributed by atoms with van der Waals surface area (Å²) >= 11 is 1.45. The average molecular weight is 345 g/mol. The molecule has 0 radical (unpaired) electrons. The van der Waals surface area contributed by atoms with Crippen molar-refractivity contribution in [3.05, 3.63) is 34.8 Å². The summed E-state index contributed by atoms with van der Waals surface area (Å²) in [6.07, 6.45) is 1.96. The second kappa shape index (κ2) is 7.32. The van der Waals surface area contributed by atoms with E-state index in [1.165, 1.54) is 11.3 Å². The zero-order chi connectivity index (χ0) is 17.1. The lowest BCUT2D eigenvalue weighted by Gasteiger charge is -2.30. The van der Waals surface area contributed by atoms with Gasteiger partial charge in [0.2, 0.25) is 0 Å². The van der Waals surface area contributed by atoms with Crippen LogP contribution in [0.25, 0.3) is 10.6 Å². The molecular formula is C18H23N3O2S. The van der Waals surface area contributed by atoms with Gasteiger partial charge in [0.25, 0.3) is 5.91 Å². The normalized spacial score (nSPS) is 17.8. The summed E-state index contributed by atoms with van der Waals surface area (Å²) in [5.41, 5.74) is 7.78. The highest BCUT2D eigenvalue weighted by atomic mass is 32.1. The number of ether oxygens (including phenoxy) is 1. The molecule has 1 aliphatic rings. The predicted molar refractivity (Wildman–Crippen MR) is 96.6 cm³/mol. The van der Waals surface area contributed by atoms with E-state index in [0.29, 0.717) is 18.0 Å². The number of hydrogen-bond acceptors (Lipinski definition) is 5. The van der Waals surface area contributed by atoms with Crippen LogP contribution in [0.4, 0.5) is 0 Å². The molecule has 1 amide bonds. The Balaban J connectivity index is 1.80. The second-order valence-electron chi connectivity index (χ2n) is 6.04. The van der Waals surface area contributed by atoms with Crippen molar-refractivity contribution in [1.82, 2.24) is 9.88 Å². The number of hydrogen-bond donors (Lipinski definition) is 1. The smallest absolute Gasteiger partial charge is 0.265 e. The molecule has 1 aromatic carbocycles. The molecule has 1 aliphatic heterocycles. The predicted octanol–water partition coefficient (Wildman–Crippen LogP) is 3.08. The number of carbonyl (C=O) groups is 1. The van der Waals surface area contributed by atoms with E-state index in [0.717, 1.165) is 41.4 Å². The van der Waals surface area contributed by atoms with Crippen molar-refractivity contribution in [3.8, 4) is 16.3 Å². The van der Waals surface area contributed by atoms with Gasteiger partial charge in [0.05, 0.1) is 12.3 Å². The van der Waals surface area contributed by atoms with E-state index in [2.05, 4.69) is 4.98 Å². The fraction of sp³-hybridized carbons (Fsp3) is 0.444. The Morgan fingerprint density at radius 2 is 2.17 bits per heavy atom. The van der Waals surface area contributed by atoms with E-state index in [-0.39, 0.29) is 11.9 Å². The molecule has 0 unspecified atom stereocenters. The highest BCUT2D eigenvalue weighted by Gasteiger charge is 2.25. The van der Waals surface area contributed by atoms with Gasteiger partial charge >= 0.3 is 0 Å². The lowest BCUT2D eigenvalue weighted by molar-refractivity contribution is 0.0713. The number of nitrogens with two attached hydrogens (primary N) is 1. The van der Waals surface area contributed by atoms with Crippen LogP contribution < -0.4 is 10.5 Å². The molecule has 0 spiro atoms. The molecule has 24 heavy (non-hydrogen) atoms. The third-order valence-electron chi connectivity index (χ3n) is 4.15. The summed E-state index contributed by atoms with van der Waals surface area (Å²) in [4.78, 5) is 19.9. The number of benzene rings is 1. The molecule has 1 fully saturated rings. The Kier molecular flexibility index (Phi) is 5.16. The van der Waals surface area contributed by atoms with Crippen LogP contribution in [-0.2, 0) is 0 Å². The summed E-state index contributed by atoms with van der Waals surface area (Å²) in [5, 5.41) is 0.861. The standard InChI is InChI=1S/C18H23N3O2S/c1-3-23-15-8-6-13(7-9-15)17-20-12(2)16(24-17)18(22)21-10-4-5-14(19)11-21/h6-9,14H,3-5,10-11,19H2,1-2H3/t14-/m1/s1. The maximum absolute atomic E-state index is 12.8. The lowest BCUT2D eigenvalue weighted by atomic mass is 10.1. The molecule has 2 N–H and O–H groups in total. The maximum atomic E-state index is 12.8. The zero-order valence-electron chi connectivity index (χ0n) is 14.1. The van der Waals surface area contributed by atoms with Crippen LogP contribution in [0.3, 0.4) is 0 Å². The number of amides is 1. The van der Waals surface area contributed by atoms with Gasteiger partial charge in [-0.1, -0.05) is 0 Å². The lowest BCUT2D eigenvalue weighted by Crippen LogP contribution is -2.45. The van der Waals surface area contributed by atoms with Crippen LogP contribution in [0.2, 0.25) is 0 Å². The van der Waals surface area contributed by atoms with E-state index in [4.69, 9.17) is 10.5 Å². The first kappa shape index (κ1) is 16.9. The van der Waals surface area contributed by atoms with Crippen molar-refractivity contribution in [3.63, 3.8) is 0 Å². The number of carbonyl (C=O) groups excluding carboxylic acids is 1. The molecule has 1 atom stereocenters. The molecule has 0 aliphatic carbocycles. The molecule has 0 bridgehead atoms. The van der Waals surface area contributed by atoms with Gasteiger partial charge in [0.15, 0.2) is 0 Å². The van der Waals surface area contributed by atoms with Crippen molar-refractivity contribution in [1.29, 1.82) is 0 Å². The fourth-order valence-corrected chi connectivity index (χ4v) is 3.96. The number of piperidine rings is 1. The molecule has 1 saturated heterocycles. The van der Waals surface area contributed by atoms with Gasteiger partial charge in [-0.2, -0.15) is 0 Å². The average Bonchev–Trinajstić information content (AvgIpc) is 2.97. The van der Waals surface area contributed by atoms with Crippen LogP contribution in [0, 0.1) is 6.92 Å². The van der Waals surface area contributed by atoms with Gasteiger partial charge in [-0.25, -0.2) is 4.98 Å². The topological polar surface area (TPSA) is 68.5 Å². The minimum Gasteiger partial charge on any atom is -0.494 e. The van der Waals surface area contributed by atoms with Gasteiger partial charge in [0.1, 0.15) is 15.6 Å². The van der Waals surface area contributed by atoms with Crippen LogP contribution in [-0.4, -0.2) is 41.5 Å². The monoisotopic (exact) mass is 345 g/mol. The van der Waals surface area contributed by atoms with Crippen molar-refractivity contribution in [2.45, 2.75) is 32.7 Å². The van der Waals surface area contributed by atoms with Gasteiger partial charge < -0.3 is 15.4 Å². The van der Waals surface area contributed by atoms with E-state index in [1.54, 1.807) is 0 Å². The highest BCUT2D eigenvalue weighted by Crippen LogP contribution is 2.30. The Hall–Kier alpha value is -1.92. The van der Waals surface area contributed by atoms with Crippen LogP contribution in [0.1, 0.15) is 35.1 Å². The van der Waals surface area contributed by atoms with Crippen LogP contribution >= 0.6 is 11.3 Å². The zero-order valence-corrected chi connectivity index (χ0v) is 14.9. The molecular weight excluding hydrogens is 322 g/mol. The third-order valence-corrected chi connectivity index (χ3v) is 5.34. The molecule has 6 heteroatoms. The van der Waals surface area contributed by atoms with Crippen molar-refractivity contribution in [2.75, 3.05) is 19.7 Å². The summed E-state index contributed by atoms with van der Waals surface area (Å²) in [6, 6.07) is 7.91. The van der Waals surface area contributed by atoms with E-state index >= 15 is 0 Å². The Bertz CT molecular complexity index is 712. The molecule has 5 nitrogen and oxygen atoms in total. The quantitative estimate of drug-likeness (QED) is 0.924. The summed E-state index contributed by atoms with van der Waals surface area (Å²) in [7, 11) is 0. The Morgan fingerprint density at radius 3 is 2.83 bits per heavy atom. The number of thiazole rings is 1. The number of aryl methyl sites for hydroxylation is 1. The first-order valence-electron chi connectivity index (χ1n) is 8.34. The third kappa shape index (κ3) is 3.60. The molecule has 3 rings (SSSR count). The van der Waals surface area contributed by atoms with Gasteiger partial charge in [-0.05, 0) is 51.0 Å². The Labute approximate surface area is 146 Å². The molecule has 0 saturated carbocycles. The van der Waals surface area contributed by atoms with Gasteiger partial charge in [-0.15, -0.1) is 11.3 Å². The number of likely N-dealkylation sites (tertiary alicyclic amines) is 1. The van der Waals surface area contributed by atoms with Gasteiger partial charge in [0, 0.05) is 24.7 Å². The SMILES string of the molecule is CCOc1ccc(-c2nc(C)c(C(=O)N3CCC[C@@H](N)C3)s2)cc1. The van der Waals surface area contributed by atoms with E-state index in [1.807, 2.05) is 43.0 Å². The molecule has 1 aromatic heterocycles. The van der Waals surface area contributed by atoms with Crippen molar-refractivity contribution in [2.24, 2.45) is 5.73 Å². The number of rotatable bonds is 4. The first-order valence-corrected chi connectivity index (χ1v) is 9.15. The minimum absolute atomic E-state index is 0.0531.